The molecule has 1 aliphatic carbocycles. The Morgan fingerprint density at radius 1 is 1.12 bits per heavy atom. The van der Waals surface area contributed by atoms with Crippen LogP contribution < -0.4 is 4.74 Å². The summed E-state index contributed by atoms with van der Waals surface area (Å²) in [6.07, 6.45) is 6.32. The summed E-state index contributed by atoms with van der Waals surface area (Å²) < 4.78 is 19.8. The molecule has 0 amide bonds. The number of aromatic hydroxyl groups is 1. The molecule has 0 radical (unpaired) electrons. The molecule has 134 valence electrons. The summed E-state index contributed by atoms with van der Waals surface area (Å²) in [6, 6.07) is 10.4. The molecule has 4 heteroatoms. The lowest BCUT2D eigenvalue weighted by atomic mass is 9.71. The van der Waals surface area contributed by atoms with Gasteiger partial charge in [0.05, 0.1) is 6.61 Å². The van der Waals surface area contributed by atoms with Crippen LogP contribution in [0.3, 0.4) is 0 Å². The van der Waals surface area contributed by atoms with Crippen LogP contribution in [-0.2, 0) is 0 Å². The van der Waals surface area contributed by atoms with Gasteiger partial charge in [0.1, 0.15) is 23.1 Å². The molecule has 3 nitrogen and oxygen atoms in total. The van der Waals surface area contributed by atoms with Crippen LogP contribution in [0.5, 0.6) is 11.5 Å². The normalized spacial score (nSPS) is 24.5. The number of aliphatic hydroxyl groups is 1. The van der Waals surface area contributed by atoms with Crippen LogP contribution in [-0.4, -0.2) is 16.8 Å². The smallest absolute Gasteiger partial charge is 0.126 e. The number of benzene rings is 2. The zero-order valence-electron chi connectivity index (χ0n) is 14.5. The van der Waals surface area contributed by atoms with Gasteiger partial charge >= 0.3 is 0 Å². The Labute approximate surface area is 152 Å². The number of aliphatic hydroxyl groups excluding tert-OH is 1. The summed E-state index contributed by atoms with van der Waals surface area (Å²) in [5.74, 6) is 1.31. The molecule has 2 N–H and O–H groups in total. The van der Waals surface area contributed by atoms with E-state index in [1.54, 1.807) is 25.1 Å². The van der Waals surface area contributed by atoms with Crippen molar-refractivity contribution in [3.63, 3.8) is 0 Å². The van der Waals surface area contributed by atoms with Gasteiger partial charge in [-0.3, -0.25) is 0 Å². The molecule has 1 aliphatic heterocycles. The molecule has 1 heterocycles. The Morgan fingerprint density at radius 2 is 1.96 bits per heavy atom. The summed E-state index contributed by atoms with van der Waals surface area (Å²) in [5, 5.41) is 19.4. The maximum atomic E-state index is 13.8. The van der Waals surface area contributed by atoms with Crippen LogP contribution in [0.1, 0.15) is 29.0 Å². The minimum absolute atomic E-state index is 0.0296. The van der Waals surface area contributed by atoms with E-state index in [1.807, 2.05) is 30.4 Å². The Hall–Kier alpha value is -2.75. The highest BCUT2D eigenvalue weighted by molar-refractivity contribution is 5.49. The Balaban J connectivity index is 1.80. The van der Waals surface area contributed by atoms with E-state index in [9.17, 15) is 14.6 Å². The van der Waals surface area contributed by atoms with E-state index < -0.39 is 0 Å². The van der Waals surface area contributed by atoms with Gasteiger partial charge in [0, 0.05) is 23.5 Å². The fraction of sp³-hybridized carbons (Fsp3) is 0.273. The predicted molar refractivity (Wildman–Crippen MR) is 98.0 cm³/mol. The number of halogens is 1. The highest BCUT2D eigenvalue weighted by atomic mass is 19.1. The number of fused-ring (bicyclic) bond motifs is 1. The van der Waals surface area contributed by atoms with Crippen LogP contribution in [0, 0.1) is 24.6 Å². The molecular formula is C22H21FO3. The van der Waals surface area contributed by atoms with Crippen molar-refractivity contribution in [2.75, 3.05) is 6.61 Å². The Morgan fingerprint density at radius 3 is 2.69 bits per heavy atom. The lowest BCUT2D eigenvalue weighted by Crippen LogP contribution is -2.32. The number of phenols is 1. The van der Waals surface area contributed by atoms with Gasteiger partial charge in [-0.2, -0.15) is 0 Å². The van der Waals surface area contributed by atoms with Crippen molar-refractivity contribution in [3.05, 3.63) is 82.9 Å². The van der Waals surface area contributed by atoms with Gasteiger partial charge in [-0.15, -0.1) is 0 Å². The molecule has 2 aromatic carbocycles. The SMILES string of the molecule is Cc1cc([C@@H]2c3ccc(O)cc3OC[C@@H]2C2C=CC(O)=CC2)ccc1F. The zero-order valence-corrected chi connectivity index (χ0v) is 14.5. The summed E-state index contributed by atoms with van der Waals surface area (Å²) in [5.41, 5.74) is 2.65. The van der Waals surface area contributed by atoms with Crippen molar-refractivity contribution in [2.45, 2.75) is 19.3 Å². The first-order chi connectivity index (χ1) is 12.5. The molecule has 0 saturated carbocycles. The average Bonchev–Trinajstić information content (AvgIpc) is 2.64. The zero-order chi connectivity index (χ0) is 18.3. The summed E-state index contributed by atoms with van der Waals surface area (Å²) in [7, 11) is 0. The summed E-state index contributed by atoms with van der Waals surface area (Å²) in [4.78, 5) is 0. The van der Waals surface area contributed by atoms with Crippen molar-refractivity contribution in [2.24, 2.45) is 11.8 Å². The molecule has 0 aromatic heterocycles. The minimum atomic E-state index is -0.214. The standard InChI is InChI=1S/C22H21FO3/c1-13-10-15(4-9-20(13)23)22-18-8-7-17(25)11-21(18)26-12-19(22)14-2-5-16(24)6-3-14/h2,4-11,14,19,22,24-25H,3,12H2,1H3/t14?,19-,22-/m1/s1. The number of hydrogen-bond donors (Lipinski definition) is 2. The molecule has 26 heavy (non-hydrogen) atoms. The number of phenolic OH excluding ortho intramolecular Hbond substituents is 1. The highest BCUT2D eigenvalue weighted by Gasteiger charge is 2.37. The lowest BCUT2D eigenvalue weighted by molar-refractivity contribution is 0.170. The van der Waals surface area contributed by atoms with Crippen molar-refractivity contribution in [3.8, 4) is 11.5 Å². The van der Waals surface area contributed by atoms with Gasteiger partial charge in [0.25, 0.3) is 0 Å². The number of allylic oxidation sites excluding steroid dienone is 3. The third-order valence-corrected chi connectivity index (χ3v) is 5.40. The van der Waals surface area contributed by atoms with E-state index >= 15 is 0 Å². The molecule has 1 unspecified atom stereocenters. The summed E-state index contributed by atoms with van der Waals surface area (Å²) in [6.45, 7) is 2.27. The number of aryl methyl sites for hydroxylation is 1. The third-order valence-electron chi connectivity index (χ3n) is 5.40. The van der Waals surface area contributed by atoms with E-state index in [1.165, 1.54) is 6.07 Å². The van der Waals surface area contributed by atoms with E-state index in [0.29, 0.717) is 17.9 Å². The van der Waals surface area contributed by atoms with Gasteiger partial charge in [0.2, 0.25) is 0 Å². The highest BCUT2D eigenvalue weighted by Crippen LogP contribution is 2.47. The van der Waals surface area contributed by atoms with Crippen molar-refractivity contribution in [1.29, 1.82) is 0 Å². The second kappa shape index (κ2) is 6.52. The fourth-order valence-electron chi connectivity index (χ4n) is 4.02. The molecule has 0 bridgehead atoms. The predicted octanol–water partition coefficient (Wildman–Crippen LogP) is 5.00. The number of rotatable bonds is 2. The van der Waals surface area contributed by atoms with Crippen LogP contribution in [0.4, 0.5) is 4.39 Å². The molecule has 2 aromatic rings. The van der Waals surface area contributed by atoms with E-state index in [4.69, 9.17) is 4.74 Å². The molecule has 0 spiro atoms. The van der Waals surface area contributed by atoms with E-state index in [2.05, 4.69) is 0 Å². The van der Waals surface area contributed by atoms with Crippen LogP contribution in [0.15, 0.2) is 60.4 Å². The van der Waals surface area contributed by atoms with Crippen molar-refractivity contribution >= 4 is 0 Å². The Bertz CT molecular complexity index is 900. The molecule has 2 aliphatic rings. The molecule has 3 atom stereocenters. The largest absolute Gasteiger partial charge is 0.508 e. The van der Waals surface area contributed by atoms with Gasteiger partial charge in [-0.1, -0.05) is 24.3 Å². The molecule has 0 fully saturated rings. The van der Waals surface area contributed by atoms with Gasteiger partial charge in [-0.05, 0) is 54.7 Å². The second-order valence-electron chi connectivity index (χ2n) is 7.07. The van der Waals surface area contributed by atoms with Crippen LogP contribution in [0.2, 0.25) is 0 Å². The maximum absolute atomic E-state index is 13.8. The number of hydrogen-bond acceptors (Lipinski definition) is 3. The number of ether oxygens (including phenoxy) is 1. The third kappa shape index (κ3) is 2.96. The second-order valence-corrected chi connectivity index (χ2v) is 7.07. The van der Waals surface area contributed by atoms with Crippen LogP contribution in [0.25, 0.3) is 0 Å². The lowest BCUT2D eigenvalue weighted by Gasteiger charge is -2.38. The first-order valence-electron chi connectivity index (χ1n) is 8.82. The van der Waals surface area contributed by atoms with Gasteiger partial charge in [-0.25, -0.2) is 4.39 Å². The monoisotopic (exact) mass is 352 g/mol. The Kier molecular flexibility index (Phi) is 4.19. The van der Waals surface area contributed by atoms with E-state index in [-0.39, 0.29) is 35.1 Å². The van der Waals surface area contributed by atoms with Gasteiger partial charge in [0.15, 0.2) is 0 Å². The van der Waals surface area contributed by atoms with Crippen LogP contribution >= 0.6 is 0 Å². The van der Waals surface area contributed by atoms with Crippen molar-refractivity contribution in [1.82, 2.24) is 0 Å². The average molecular weight is 352 g/mol. The summed E-state index contributed by atoms with van der Waals surface area (Å²) >= 11 is 0. The van der Waals surface area contributed by atoms with Gasteiger partial charge < -0.3 is 14.9 Å². The maximum Gasteiger partial charge on any atom is 0.126 e. The molecular weight excluding hydrogens is 331 g/mol. The van der Waals surface area contributed by atoms with Crippen molar-refractivity contribution < 1.29 is 19.3 Å². The fourth-order valence-corrected chi connectivity index (χ4v) is 4.02. The minimum Gasteiger partial charge on any atom is -0.508 e. The van der Waals surface area contributed by atoms with E-state index in [0.717, 1.165) is 17.5 Å². The quantitative estimate of drug-likeness (QED) is 0.800. The molecule has 4 rings (SSSR count). The first-order valence-corrected chi connectivity index (χ1v) is 8.82. The molecule has 0 saturated heterocycles. The first kappa shape index (κ1) is 16.7. The topological polar surface area (TPSA) is 49.7 Å².